The van der Waals surface area contributed by atoms with Gasteiger partial charge in [-0.05, 0) is 37.6 Å². The molecule has 2 heterocycles. The number of fused-ring (bicyclic) bond motifs is 1. The van der Waals surface area contributed by atoms with E-state index in [9.17, 15) is 4.39 Å². The van der Waals surface area contributed by atoms with Crippen LogP contribution in [-0.4, -0.2) is 29.0 Å². The largest absolute Gasteiger partial charge is 0.327 e. The van der Waals surface area contributed by atoms with Gasteiger partial charge < -0.3 is 5.73 Å². The predicted molar refractivity (Wildman–Crippen MR) is 72.1 cm³/mol. The molecule has 1 aromatic heterocycles. The van der Waals surface area contributed by atoms with E-state index in [1.54, 1.807) is 23.5 Å². The van der Waals surface area contributed by atoms with Crippen LogP contribution < -0.4 is 5.73 Å². The SMILES string of the molecule is NC1CCCN(Cc2nc3ccc(F)cc3s2)C1. The highest BCUT2D eigenvalue weighted by atomic mass is 32.1. The molecule has 96 valence electrons. The highest BCUT2D eigenvalue weighted by Gasteiger charge is 2.18. The van der Waals surface area contributed by atoms with Crippen molar-refractivity contribution in [3.63, 3.8) is 0 Å². The van der Waals surface area contributed by atoms with Crippen LogP contribution in [0, 0.1) is 5.82 Å². The van der Waals surface area contributed by atoms with Gasteiger partial charge in [-0.25, -0.2) is 9.37 Å². The van der Waals surface area contributed by atoms with Gasteiger partial charge in [0.15, 0.2) is 0 Å². The normalized spacial score (nSPS) is 21.6. The van der Waals surface area contributed by atoms with Crippen molar-refractivity contribution in [3.05, 3.63) is 29.0 Å². The first-order chi connectivity index (χ1) is 8.70. The van der Waals surface area contributed by atoms with Gasteiger partial charge in [0, 0.05) is 12.6 Å². The molecule has 5 heteroatoms. The first-order valence-electron chi connectivity index (χ1n) is 6.23. The Morgan fingerprint density at radius 2 is 2.39 bits per heavy atom. The summed E-state index contributed by atoms with van der Waals surface area (Å²) in [6.07, 6.45) is 2.27. The number of hydrogen-bond donors (Lipinski definition) is 1. The third-order valence-electron chi connectivity index (χ3n) is 3.30. The fourth-order valence-electron chi connectivity index (χ4n) is 2.44. The van der Waals surface area contributed by atoms with Crippen molar-refractivity contribution in [2.75, 3.05) is 13.1 Å². The Balaban J connectivity index is 1.78. The molecule has 1 atom stereocenters. The number of piperidine rings is 1. The lowest BCUT2D eigenvalue weighted by Gasteiger charge is -2.29. The minimum absolute atomic E-state index is 0.197. The smallest absolute Gasteiger partial charge is 0.124 e. The van der Waals surface area contributed by atoms with Crippen LogP contribution in [0.5, 0.6) is 0 Å². The predicted octanol–water partition coefficient (Wildman–Crippen LogP) is 2.36. The topological polar surface area (TPSA) is 42.1 Å². The summed E-state index contributed by atoms with van der Waals surface area (Å²) in [6, 6.07) is 5.04. The molecule has 1 aliphatic rings. The second-order valence-electron chi connectivity index (χ2n) is 4.86. The Labute approximate surface area is 109 Å². The van der Waals surface area contributed by atoms with Crippen molar-refractivity contribution in [3.8, 4) is 0 Å². The van der Waals surface area contributed by atoms with Gasteiger partial charge in [0.05, 0.1) is 16.8 Å². The van der Waals surface area contributed by atoms with E-state index >= 15 is 0 Å². The average molecular weight is 265 g/mol. The lowest BCUT2D eigenvalue weighted by molar-refractivity contribution is 0.201. The Kier molecular flexibility index (Phi) is 3.28. The second kappa shape index (κ2) is 4.91. The van der Waals surface area contributed by atoms with Gasteiger partial charge in [-0.15, -0.1) is 11.3 Å². The van der Waals surface area contributed by atoms with Crippen LogP contribution in [0.1, 0.15) is 17.8 Å². The average Bonchev–Trinajstić information content (AvgIpc) is 2.70. The van der Waals surface area contributed by atoms with Crippen molar-refractivity contribution in [2.45, 2.75) is 25.4 Å². The summed E-state index contributed by atoms with van der Waals surface area (Å²) in [4.78, 5) is 6.88. The molecule has 2 aromatic rings. The molecular formula is C13H16FN3S. The lowest BCUT2D eigenvalue weighted by atomic mass is 10.1. The molecule has 1 unspecified atom stereocenters. The highest BCUT2D eigenvalue weighted by Crippen LogP contribution is 2.24. The molecule has 3 nitrogen and oxygen atoms in total. The number of halogens is 1. The summed E-state index contributed by atoms with van der Waals surface area (Å²) in [5.74, 6) is -0.197. The Morgan fingerprint density at radius 1 is 1.50 bits per heavy atom. The van der Waals surface area contributed by atoms with Gasteiger partial charge in [-0.1, -0.05) is 0 Å². The molecule has 2 N–H and O–H groups in total. The number of rotatable bonds is 2. The Morgan fingerprint density at radius 3 is 3.22 bits per heavy atom. The second-order valence-corrected chi connectivity index (χ2v) is 5.97. The maximum absolute atomic E-state index is 13.1. The van der Waals surface area contributed by atoms with Gasteiger partial charge in [-0.2, -0.15) is 0 Å². The molecule has 0 saturated carbocycles. The van der Waals surface area contributed by atoms with Crippen LogP contribution >= 0.6 is 11.3 Å². The van der Waals surface area contributed by atoms with Crippen LogP contribution in [0.25, 0.3) is 10.2 Å². The Hall–Kier alpha value is -1.04. The van der Waals surface area contributed by atoms with Crippen LogP contribution in [0.4, 0.5) is 4.39 Å². The van der Waals surface area contributed by atoms with Crippen LogP contribution in [0.2, 0.25) is 0 Å². The van der Waals surface area contributed by atoms with Gasteiger partial charge in [0.2, 0.25) is 0 Å². The highest BCUT2D eigenvalue weighted by molar-refractivity contribution is 7.18. The summed E-state index contributed by atoms with van der Waals surface area (Å²) in [5.41, 5.74) is 6.85. The monoisotopic (exact) mass is 265 g/mol. The quantitative estimate of drug-likeness (QED) is 0.906. The van der Waals surface area contributed by atoms with Crippen molar-refractivity contribution in [1.82, 2.24) is 9.88 Å². The van der Waals surface area contributed by atoms with E-state index in [0.29, 0.717) is 0 Å². The summed E-state index contributed by atoms with van der Waals surface area (Å²) >= 11 is 1.57. The fraction of sp³-hybridized carbons (Fsp3) is 0.462. The van der Waals surface area contributed by atoms with E-state index in [1.807, 2.05) is 0 Å². The number of likely N-dealkylation sites (tertiary alicyclic amines) is 1. The molecule has 0 radical (unpaired) electrons. The number of aromatic nitrogens is 1. The minimum Gasteiger partial charge on any atom is -0.327 e. The van der Waals surface area contributed by atoms with Crippen LogP contribution in [0.15, 0.2) is 18.2 Å². The van der Waals surface area contributed by atoms with Gasteiger partial charge in [-0.3, -0.25) is 4.90 Å². The zero-order valence-electron chi connectivity index (χ0n) is 10.1. The molecule has 0 amide bonds. The lowest BCUT2D eigenvalue weighted by Crippen LogP contribution is -2.42. The molecule has 18 heavy (non-hydrogen) atoms. The zero-order valence-corrected chi connectivity index (χ0v) is 10.9. The van der Waals surface area contributed by atoms with Crippen LogP contribution in [-0.2, 0) is 6.54 Å². The molecule has 0 bridgehead atoms. The van der Waals surface area contributed by atoms with E-state index in [-0.39, 0.29) is 11.9 Å². The van der Waals surface area contributed by atoms with E-state index < -0.39 is 0 Å². The van der Waals surface area contributed by atoms with Crippen molar-refractivity contribution in [1.29, 1.82) is 0 Å². The fourth-order valence-corrected chi connectivity index (χ4v) is 3.47. The zero-order chi connectivity index (χ0) is 12.5. The maximum atomic E-state index is 13.1. The number of nitrogens with zero attached hydrogens (tertiary/aromatic N) is 2. The number of thiazole rings is 1. The summed E-state index contributed by atoms with van der Waals surface area (Å²) < 4.78 is 14.0. The number of hydrogen-bond acceptors (Lipinski definition) is 4. The van der Waals surface area contributed by atoms with Crippen molar-refractivity contribution >= 4 is 21.6 Å². The molecule has 1 saturated heterocycles. The minimum atomic E-state index is -0.197. The molecule has 3 rings (SSSR count). The third-order valence-corrected chi connectivity index (χ3v) is 4.30. The number of benzene rings is 1. The third kappa shape index (κ3) is 2.53. The standard InChI is InChI=1S/C13H16FN3S/c14-9-3-4-11-12(6-9)18-13(16-11)8-17-5-1-2-10(15)7-17/h3-4,6,10H,1-2,5,7-8,15H2. The van der Waals surface area contributed by atoms with E-state index in [1.165, 1.54) is 6.07 Å². The maximum Gasteiger partial charge on any atom is 0.124 e. The summed E-state index contributed by atoms with van der Waals surface area (Å²) in [7, 11) is 0. The molecule has 0 spiro atoms. The van der Waals surface area contributed by atoms with Gasteiger partial charge >= 0.3 is 0 Å². The molecule has 1 aliphatic heterocycles. The molecule has 1 aromatic carbocycles. The van der Waals surface area contributed by atoms with E-state index in [2.05, 4.69) is 9.88 Å². The van der Waals surface area contributed by atoms with Gasteiger partial charge in [0.1, 0.15) is 10.8 Å². The van der Waals surface area contributed by atoms with Crippen molar-refractivity contribution < 1.29 is 4.39 Å². The van der Waals surface area contributed by atoms with E-state index in [4.69, 9.17) is 5.73 Å². The molecule has 1 fully saturated rings. The molecular weight excluding hydrogens is 249 g/mol. The van der Waals surface area contributed by atoms with Crippen LogP contribution in [0.3, 0.4) is 0 Å². The molecule has 0 aliphatic carbocycles. The first-order valence-corrected chi connectivity index (χ1v) is 7.05. The number of nitrogens with two attached hydrogens (primary N) is 1. The van der Waals surface area contributed by atoms with Crippen molar-refractivity contribution in [2.24, 2.45) is 5.73 Å². The summed E-state index contributed by atoms with van der Waals surface area (Å²) in [5, 5.41) is 1.05. The summed E-state index contributed by atoms with van der Waals surface area (Å²) in [6.45, 7) is 2.84. The van der Waals surface area contributed by atoms with E-state index in [0.717, 1.165) is 47.7 Å². The Bertz CT molecular complexity index is 554. The first kappa shape index (κ1) is 12.0. The van der Waals surface area contributed by atoms with Gasteiger partial charge in [0.25, 0.3) is 0 Å².